The quantitative estimate of drug-likeness (QED) is 0.895. The molecular weight excluding hydrogens is 241 g/mol. The molecule has 1 atom stereocenters. The Balaban J connectivity index is 2.35. The van der Waals surface area contributed by atoms with Crippen LogP contribution >= 0.6 is 0 Å². The van der Waals surface area contributed by atoms with Crippen LogP contribution in [0.15, 0.2) is 48.5 Å². The average Bonchev–Trinajstić information content (AvgIpc) is 2.42. The third-order valence-corrected chi connectivity index (χ3v) is 3.15. The molecule has 2 nitrogen and oxygen atoms in total. The summed E-state index contributed by atoms with van der Waals surface area (Å²) in [6.07, 6.45) is -0.488. The SMILES string of the molecule is CCN(c1ccc(C(C)O)cc1)c1ccccc1F. The number of hydrogen-bond acceptors (Lipinski definition) is 2. The van der Waals surface area contributed by atoms with Crippen LogP contribution in [0.4, 0.5) is 15.8 Å². The van der Waals surface area contributed by atoms with Gasteiger partial charge in [0.2, 0.25) is 0 Å². The molecule has 2 rings (SSSR count). The van der Waals surface area contributed by atoms with Crippen LogP contribution in [0.25, 0.3) is 0 Å². The lowest BCUT2D eigenvalue weighted by Crippen LogP contribution is -2.17. The van der Waals surface area contributed by atoms with Gasteiger partial charge in [0.15, 0.2) is 0 Å². The van der Waals surface area contributed by atoms with Gasteiger partial charge in [0.25, 0.3) is 0 Å². The highest BCUT2D eigenvalue weighted by Crippen LogP contribution is 2.28. The van der Waals surface area contributed by atoms with E-state index >= 15 is 0 Å². The summed E-state index contributed by atoms with van der Waals surface area (Å²) in [5.74, 6) is -0.232. The van der Waals surface area contributed by atoms with E-state index in [1.165, 1.54) is 6.07 Å². The Bertz CT molecular complexity index is 537. The van der Waals surface area contributed by atoms with Gasteiger partial charge >= 0.3 is 0 Å². The van der Waals surface area contributed by atoms with E-state index in [1.807, 2.05) is 42.2 Å². The molecule has 0 aliphatic rings. The van der Waals surface area contributed by atoms with Crippen molar-refractivity contribution in [3.63, 3.8) is 0 Å². The first-order chi connectivity index (χ1) is 9.13. The number of rotatable bonds is 4. The first-order valence-corrected chi connectivity index (χ1v) is 6.43. The van der Waals surface area contributed by atoms with Crippen LogP contribution in [-0.2, 0) is 0 Å². The van der Waals surface area contributed by atoms with E-state index in [0.717, 1.165) is 11.3 Å². The zero-order valence-corrected chi connectivity index (χ0v) is 11.2. The Morgan fingerprint density at radius 1 is 1.11 bits per heavy atom. The molecule has 0 spiro atoms. The van der Waals surface area contributed by atoms with E-state index in [2.05, 4.69) is 0 Å². The number of halogens is 1. The molecule has 0 bridgehead atoms. The first kappa shape index (κ1) is 13.6. The predicted octanol–water partition coefficient (Wildman–Crippen LogP) is 4.04. The molecule has 1 N–H and O–H groups in total. The van der Waals surface area contributed by atoms with Gasteiger partial charge in [-0.2, -0.15) is 0 Å². The van der Waals surface area contributed by atoms with E-state index in [1.54, 1.807) is 19.1 Å². The molecule has 0 radical (unpaired) electrons. The molecule has 0 aromatic heterocycles. The lowest BCUT2D eigenvalue weighted by Gasteiger charge is -2.24. The van der Waals surface area contributed by atoms with Gasteiger partial charge in [-0.05, 0) is 43.7 Å². The third-order valence-electron chi connectivity index (χ3n) is 3.15. The monoisotopic (exact) mass is 259 g/mol. The van der Waals surface area contributed by atoms with Crippen molar-refractivity contribution in [2.24, 2.45) is 0 Å². The van der Waals surface area contributed by atoms with Crippen molar-refractivity contribution in [2.45, 2.75) is 20.0 Å². The molecular formula is C16H18FNO. The van der Waals surface area contributed by atoms with Gasteiger partial charge < -0.3 is 10.0 Å². The van der Waals surface area contributed by atoms with Gasteiger partial charge in [0.05, 0.1) is 11.8 Å². The minimum atomic E-state index is -0.488. The molecule has 0 fully saturated rings. The third kappa shape index (κ3) is 2.93. The van der Waals surface area contributed by atoms with Crippen LogP contribution in [0.3, 0.4) is 0 Å². The van der Waals surface area contributed by atoms with Crippen LogP contribution < -0.4 is 4.90 Å². The first-order valence-electron chi connectivity index (χ1n) is 6.43. The van der Waals surface area contributed by atoms with Crippen molar-refractivity contribution in [2.75, 3.05) is 11.4 Å². The Hall–Kier alpha value is -1.87. The normalized spacial score (nSPS) is 12.2. The molecule has 1 unspecified atom stereocenters. The van der Waals surface area contributed by atoms with Crippen molar-refractivity contribution in [3.05, 3.63) is 59.9 Å². The summed E-state index contributed by atoms with van der Waals surface area (Å²) in [6, 6.07) is 14.3. The Labute approximate surface area is 113 Å². The minimum absolute atomic E-state index is 0.232. The Morgan fingerprint density at radius 3 is 2.26 bits per heavy atom. The van der Waals surface area contributed by atoms with Gasteiger partial charge in [-0.15, -0.1) is 0 Å². The van der Waals surface area contributed by atoms with Gasteiger partial charge in [0, 0.05) is 12.2 Å². The number of anilines is 2. The molecule has 100 valence electrons. The molecule has 0 aliphatic heterocycles. The van der Waals surface area contributed by atoms with Crippen molar-refractivity contribution in [3.8, 4) is 0 Å². The van der Waals surface area contributed by atoms with E-state index in [-0.39, 0.29) is 5.82 Å². The minimum Gasteiger partial charge on any atom is -0.389 e. The maximum absolute atomic E-state index is 13.8. The largest absolute Gasteiger partial charge is 0.389 e. The van der Waals surface area contributed by atoms with E-state index in [4.69, 9.17) is 0 Å². The predicted molar refractivity (Wildman–Crippen MR) is 76.2 cm³/mol. The molecule has 0 heterocycles. The van der Waals surface area contributed by atoms with E-state index < -0.39 is 6.10 Å². The van der Waals surface area contributed by atoms with Crippen LogP contribution in [0.5, 0.6) is 0 Å². The molecule has 0 aliphatic carbocycles. The average molecular weight is 259 g/mol. The van der Waals surface area contributed by atoms with Crippen LogP contribution in [0.1, 0.15) is 25.5 Å². The number of nitrogens with zero attached hydrogens (tertiary/aromatic N) is 1. The molecule has 19 heavy (non-hydrogen) atoms. The van der Waals surface area contributed by atoms with Gasteiger partial charge in [-0.3, -0.25) is 0 Å². The Kier molecular flexibility index (Phi) is 4.17. The zero-order valence-electron chi connectivity index (χ0n) is 11.2. The van der Waals surface area contributed by atoms with Crippen molar-refractivity contribution in [1.82, 2.24) is 0 Å². The summed E-state index contributed by atoms with van der Waals surface area (Å²) in [6.45, 7) is 4.38. The summed E-state index contributed by atoms with van der Waals surface area (Å²) in [5.41, 5.74) is 2.33. The van der Waals surface area contributed by atoms with Crippen LogP contribution in [0.2, 0.25) is 0 Å². The zero-order chi connectivity index (χ0) is 13.8. The summed E-state index contributed by atoms with van der Waals surface area (Å²) < 4.78 is 13.8. The number of benzene rings is 2. The topological polar surface area (TPSA) is 23.5 Å². The molecule has 2 aromatic carbocycles. The highest BCUT2D eigenvalue weighted by molar-refractivity contribution is 5.63. The van der Waals surface area contributed by atoms with Gasteiger partial charge in [-0.25, -0.2) is 4.39 Å². The van der Waals surface area contributed by atoms with Crippen LogP contribution in [0, 0.1) is 5.82 Å². The van der Waals surface area contributed by atoms with E-state index in [9.17, 15) is 9.50 Å². The highest BCUT2D eigenvalue weighted by Gasteiger charge is 2.11. The maximum atomic E-state index is 13.8. The molecule has 2 aromatic rings. The lowest BCUT2D eigenvalue weighted by molar-refractivity contribution is 0.199. The second kappa shape index (κ2) is 5.85. The summed E-state index contributed by atoms with van der Waals surface area (Å²) in [7, 11) is 0. The fraction of sp³-hybridized carbons (Fsp3) is 0.250. The van der Waals surface area contributed by atoms with E-state index in [0.29, 0.717) is 12.2 Å². The smallest absolute Gasteiger partial charge is 0.146 e. The van der Waals surface area contributed by atoms with Crippen molar-refractivity contribution >= 4 is 11.4 Å². The molecule has 3 heteroatoms. The second-order valence-electron chi connectivity index (χ2n) is 4.46. The number of hydrogen-bond donors (Lipinski definition) is 1. The van der Waals surface area contributed by atoms with Gasteiger partial charge in [0.1, 0.15) is 5.82 Å². The van der Waals surface area contributed by atoms with Crippen molar-refractivity contribution < 1.29 is 9.50 Å². The molecule has 0 saturated carbocycles. The number of aliphatic hydroxyl groups excluding tert-OH is 1. The fourth-order valence-electron chi connectivity index (χ4n) is 2.10. The molecule has 0 amide bonds. The highest BCUT2D eigenvalue weighted by atomic mass is 19.1. The molecule has 0 saturated heterocycles. The second-order valence-corrected chi connectivity index (χ2v) is 4.46. The fourth-order valence-corrected chi connectivity index (χ4v) is 2.10. The number of para-hydroxylation sites is 1. The van der Waals surface area contributed by atoms with Gasteiger partial charge in [-0.1, -0.05) is 24.3 Å². The number of aliphatic hydroxyl groups is 1. The summed E-state index contributed by atoms with van der Waals surface area (Å²) >= 11 is 0. The Morgan fingerprint density at radius 2 is 1.74 bits per heavy atom. The summed E-state index contributed by atoms with van der Waals surface area (Å²) in [5, 5.41) is 9.50. The maximum Gasteiger partial charge on any atom is 0.146 e. The standard InChI is InChI=1S/C16H18FNO/c1-3-18(16-7-5-4-6-15(16)17)14-10-8-13(9-11-14)12(2)19/h4-12,19H,3H2,1-2H3. The lowest BCUT2D eigenvalue weighted by atomic mass is 10.1. The van der Waals surface area contributed by atoms with Crippen LogP contribution in [-0.4, -0.2) is 11.7 Å². The summed E-state index contributed by atoms with van der Waals surface area (Å²) in [4.78, 5) is 1.90. The van der Waals surface area contributed by atoms with Crippen molar-refractivity contribution in [1.29, 1.82) is 0 Å².